The average molecular weight is 295 g/mol. The van der Waals surface area contributed by atoms with Crippen LogP contribution in [0.1, 0.15) is 11.4 Å². The van der Waals surface area contributed by atoms with Crippen LogP contribution in [0.15, 0.2) is 18.2 Å². The minimum Gasteiger partial charge on any atom is -0.480 e. The lowest BCUT2D eigenvalue weighted by Gasteiger charge is -2.25. The number of carboxylic acid groups (broad SMARTS) is 2. The molecule has 1 rings (SSSR count). The number of amides is 2. The Bertz CT molecular complexity index is 530. The lowest BCUT2D eigenvalue weighted by atomic mass is 10.3. The van der Waals surface area contributed by atoms with Crippen molar-refractivity contribution in [1.82, 2.24) is 14.8 Å². The molecule has 1 aromatic rings. The van der Waals surface area contributed by atoms with Crippen LogP contribution in [0.2, 0.25) is 0 Å². The van der Waals surface area contributed by atoms with Gasteiger partial charge in [-0.25, -0.2) is 4.79 Å². The maximum Gasteiger partial charge on any atom is 0.323 e. The summed E-state index contributed by atoms with van der Waals surface area (Å²) < 4.78 is 0. The zero-order valence-electron chi connectivity index (χ0n) is 11.8. The molecule has 1 aromatic heterocycles. The van der Waals surface area contributed by atoms with E-state index in [4.69, 9.17) is 10.2 Å². The van der Waals surface area contributed by atoms with Gasteiger partial charge in [-0.05, 0) is 19.1 Å². The number of carbonyl (C=O) groups is 3. The van der Waals surface area contributed by atoms with E-state index >= 15 is 0 Å². The molecule has 114 valence electrons. The van der Waals surface area contributed by atoms with Gasteiger partial charge in [0.2, 0.25) is 0 Å². The molecule has 0 atom stereocenters. The Morgan fingerprint density at radius 1 is 1.14 bits per heavy atom. The smallest absolute Gasteiger partial charge is 0.323 e. The fraction of sp³-hybridized carbons (Fsp3) is 0.385. The summed E-state index contributed by atoms with van der Waals surface area (Å²) in [4.78, 5) is 39.7. The zero-order valence-corrected chi connectivity index (χ0v) is 11.8. The van der Waals surface area contributed by atoms with E-state index in [2.05, 4.69) is 4.98 Å². The third-order valence-electron chi connectivity index (χ3n) is 2.59. The van der Waals surface area contributed by atoms with E-state index in [9.17, 15) is 14.4 Å². The number of carbonyl (C=O) groups excluding carboxylic acids is 1. The van der Waals surface area contributed by atoms with Crippen LogP contribution in [-0.4, -0.2) is 63.1 Å². The van der Waals surface area contributed by atoms with Crippen LogP contribution in [-0.2, 0) is 16.1 Å². The average Bonchev–Trinajstić information content (AvgIpc) is 2.35. The van der Waals surface area contributed by atoms with Crippen LogP contribution in [0.25, 0.3) is 0 Å². The van der Waals surface area contributed by atoms with Crippen molar-refractivity contribution in [2.75, 3.05) is 20.1 Å². The topological polar surface area (TPSA) is 111 Å². The molecule has 2 amide bonds. The second-order valence-electron chi connectivity index (χ2n) is 4.55. The van der Waals surface area contributed by atoms with Crippen molar-refractivity contribution in [2.45, 2.75) is 13.5 Å². The van der Waals surface area contributed by atoms with Gasteiger partial charge in [0.25, 0.3) is 0 Å². The van der Waals surface area contributed by atoms with Crippen molar-refractivity contribution >= 4 is 18.0 Å². The van der Waals surface area contributed by atoms with Crippen LogP contribution in [0.3, 0.4) is 0 Å². The van der Waals surface area contributed by atoms with Crippen molar-refractivity contribution in [1.29, 1.82) is 0 Å². The van der Waals surface area contributed by atoms with Crippen LogP contribution in [0.4, 0.5) is 4.79 Å². The van der Waals surface area contributed by atoms with E-state index in [-0.39, 0.29) is 6.54 Å². The highest BCUT2D eigenvalue weighted by atomic mass is 16.4. The monoisotopic (exact) mass is 295 g/mol. The Kier molecular flexibility index (Phi) is 5.65. The second kappa shape index (κ2) is 7.22. The SMILES string of the molecule is Cc1cccc(CN(C)C(=O)N(CC(=O)O)CC(=O)O)n1. The largest absolute Gasteiger partial charge is 0.480 e. The molecule has 2 N–H and O–H groups in total. The lowest BCUT2D eigenvalue weighted by molar-refractivity contribution is -0.140. The molecule has 0 aliphatic rings. The predicted octanol–water partition coefficient (Wildman–Crippen LogP) is 0.413. The van der Waals surface area contributed by atoms with E-state index in [0.717, 1.165) is 10.6 Å². The molecule has 0 aliphatic carbocycles. The van der Waals surface area contributed by atoms with Gasteiger partial charge in [-0.15, -0.1) is 0 Å². The summed E-state index contributed by atoms with van der Waals surface area (Å²) in [6, 6.07) is 4.66. The number of hydrogen-bond acceptors (Lipinski definition) is 4. The molecule has 8 heteroatoms. The molecule has 0 bridgehead atoms. The van der Waals surface area contributed by atoms with Gasteiger partial charge in [0, 0.05) is 12.7 Å². The zero-order chi connectivity index (χ0) is 16.0. The third kappa shape index (κ3) is 5.47. The molecular formula is C13H17N3O5. The third-order valence-corrected chi connectivity index (χ3v) is 2.59. The van der Waals surface area contributed by atoms with Crippen LogP contribution in [0, 0.1) is 6.92 Å². The molecule has 0 saturated heterocycles. The Hall–Kier alpha value is -2.64. The number of aromatic nitrogens is 1. The molecule has 0 fully saturated rings. The summed E-state index contributed by atoms with van der Waals surface area (Å²) in [5, 5.41) is 17.5. The second-order valence-corrected chi connectivity index (χ2v) is 4.55. The summed E-state index contributed by atoms with van der Waals surface area (Å²) in [6.07, 6.45) is 0. The minimum atomic E-state index is -1.27. The maximum atomic E-state index is 12.1. The van der Waals surface area contributed by atoms with Crippen molar-refractivity contribution in [2.24, 2.45) is 0 Å². The molecule has 0 aliphatic heterocycles. The highest BCUT2D eigenvalue weighted by molar-refractivity contribution is 5.84. The molecule has 0 radical (unpaired) electrons. The highest BCUT2D eigenvalue weighted by Crippen LogP contribution is 2.05. The number of aliphatic carboxylic acids is 2. The quantitative estimate of drug-likeness (QED) is 0.786. The Morgan fingerprint density at radius 3 is 2.19 bits per heavy atom. The van der Waals surface area contributed by atoms with E-state index in [1.807, 2.05) is 13.0 Å². The number of pyridine rings is 1. The maximum absolute atomic E-state index is 12.1. The fourth-order valence-electron chi connectivity index (χ4n) is 1.76. The molecular weight excluding hydrogens is 278 g/mol. The van der Waals surface area contributed by atoms with Gasteiger partial charge < -0.3 is 20.0 Å². The molecule has 0 spiro atoms. The van der Waals surface area contributed by atoms with Crippen LogP contribution in [0.5, 0.6) is 0 Å². The predicted molar refractivity (Wildman–Crippen MR) is 72.7 cm³/mol. The van der Waals surface area contributed by atoms with Crippen molar-refractivity contribution < 1.29 is 24.6 Å². The number of aryl methyl sites for hydroxylation is 1. The van der Waals surface area contributed by atoms with Gasteiger partial charge in [-0.3, -0.25) is 14.6 Å². The van der Waals surface area contributed by atoms with Gasteiger partial charge in [0.1, 0.15) is 13.1 Å². The van der Waals surface area contributed by atoms with Gasteiger partial charge in [-0.1, -0.05) is 6.07 Å². The summed E-state index contributed by atoms with van der Waals surface area (Å²) >= 11 is 0. The summed E-state index contributed by atoms with van der Waals surface area (Å²) in [5.74, 6) is -2.54. The van der Waals surface area contributed by atoms with Gasteiger partial charge >= 0.3 is 18.0 Å². The van der Waals surface area contributed by atoms with E-state index in [1.165, 1.54) is 11.9 Å². The van der Waals surface area contributed by atoms with Gasteiger partial charge in [0.05, 0.1) is 12.2 Å². The number of nitrogens with zero attached hydrogens (tertiary/aromatic N) is 3. The lowest BCUT2D eigenvalue weighted by Crippen LogP contribution is -2.45. The molecule has 0 aromatic carbocycles. The normalized spacial score (nSPS) is 10.0. The minimum absolute atomic E-state index is 0.163. The first-order valence-electron chi connectivity index (χ1n) is 6.15. The molecule has 0 unspecified atom stereocenters. The highest BCUT2D eigenvalue weighted by Gasteiger charge is 2.23. The van der Waals surface area contributed by atoms with Crippen LogP contribution < -0.4 is 0 Å². The number of urea groups is 1. The Balaban J connectivity index is 2.77. The first-order chi connectivity index (χ1) is 9.79. The van der Waals surface area contributed by atoms with E-state index < -0.39 is 31.1 Å². The number of carboxylic acids is 2. The van der Waals surface area contributed by atoms with Crippen molar-refractivity contribution in [3.8, 4) is 0 Å². The Labute approximate surface area is 121 Å². The number of rotatable bonds is 6. The first kappa shape index (κ1) is 16.4. The Morgan fingerprint density at radius 2 is 1.71 bits per heavy atom. The first-order valence-corrected chi connectivity index (χ1v) is 6.15. The fourth-order valence-corrected chi connectivity index (χ4v) is 1.76. The van der Waals surface area contributed by atoms with E-state index in [0.29, 0.717) is 5.69 Å². The van der Waals surface area contributed by atoms with Gasteiger partial charge in [-0.2, -0.15) is 0 Å². The summed E-state index contributed by atoms with van der Waals surface area (Å²) in [7, 11) is 1.46. The molecule has 0 saturated carbocycles. The van der Waals surface area contributed by atoms with Crippen LogP contribution >= 0.6 is 0 Å². The summed E-state index contributed by atoms with van der Waals surface area (Å²) in [5.41, 5.74) is 1.43. The number of hydrogen-bond donors (Lipinski definition) is 2. The standard InChI is InChI=1S/C13H17N3O5/c1-9-4-3-5-10(14-9)6-15(2)13(21)16(7-11(17)18)8-12(19)20/h3-5H,6-8H2,1-2H3,(H,17,18)(H,19,20). The van der Waals surface area contributed by atoms with Crippen molar-refractivity contribution in [3.05, 3.63) is 29.6 Å². The summed E-state index contributed by atoms with van der Waals surface area (Å²) in [6.45, 7) is 0.635. The van der Waals surface area contributed by atoms with Crippen molar-refractivity contribution in [3.63, 3.8) is 0 Å². The molecule has 21 heavy (non-hydrogen) atoms. The molecule has 8 nitrogen and oxygen atoms in total. The molecule has 1 heterocycles. The van der Waals surface area contributed by atoms with Gasteiger partial charge in [0.15, 0.2) is 0 Å². The van der Waals surface area contributed by atoms with E-state index in [1.54, 1.807) is 12.1 Å².